The molecule has 3 aliphatic rings. The normalized spacial score (nSPS) is 27.9. The molecular weight excluding hydrogens is 489 g/mol. The number of hydrogen-bond donors (Lipinski definition) is 2. The largest absolute Gasteiger partial charge is 0.436 e. The van der Waals surface area contributed by atoms with Gasteiger partial charge in [-0.2, -0.15) is 5.10 Å². The molecule has 182 valence electrons. The van der Waals surface area contributed by atoms with Gasteiger partial charge in [0.1, 0.15) is 11.4 Å². The summed E-state index contributed by atoms with van der Waals surface area (Å²) in [6.07, 6.45) is 1.65. The third-order valence-corrected chi connectivity index (χ3v) is 9.03. The van der Waals surface area contributed by atoms with E-state index in [9.17, 15) is 18.0 Å². The number of rotatable bonds is 2. The Hall–Kier alpha value is -2.86. The summed E-state index contributed by atoms with van der Waals surface area (Å²) in [4.78, 5) is 27.2. The number of likely N-dealkylation sites (tertiary alicyclic amines) is 1. The Labute approximate surface area is 200 Å². The number of aromatic nitrogens is 2. The van der Waals surface area contributed by atoms with E-state index in [0.29, 0.717) is 25.8 Å². The van der Waals surface area contributed by atoms with E-state index in [1.54, 1.807) is 6.92 Å². The average molecular weight is 512 g/mol. The van der Waals surface area contributed by atoms with E-state index in [4.69, 9.17) is 22.1 Å². The number of fused-ring (bicyclic) bond motifs is 2. The summed E-state index contributed by atoms with van der Waals surface area (Å²) < 4.78 is 46.1. The maximum absolute atomic E-state index is 15.1. The Morgan fingerprint density at radius 2 is 2.12 bits per heavy atom. The molecule has 2 aromatic rings. The predicted octanol–water partition coefficient (Wildman–Crippen LogP) is 2.49. The summed E-state index contributed by atoms with van der Waals surface area (Å²) >= 11 is 6.00. The van der Waals surface area contributed by atoms with Crippen molar-refractivity contribution in [2.75, 3.05) is 35.6 Å². The van der Waals surface area contributed by atoms with Crippen LogP contribution in [-0.2, 0) is 25.7 Å². The highest BCUT2D eigenvalue weighted by Crippen LogP contribution is 2.45. The van der Waals surface area contributed by atoms with Gasteiger partial charge in [0, 0.05) is 6.54 Å². The van der Waals surface area contributed by atoms with Gasteiger partial charge in [-0.1, -0.05) is 11.6 Å². The number of carbonyl (C=O) groups excluding carboxylic acids is 2. The van der Waals surface area contributed by atoms with Gasteiger partial charge in [-0.15, -0.1) is 0 Å². The van der Waals surface area contributed by atoms with Crippen molar-refractivity contribution in [1.82, 2.24) is 14.7 Å². The van der Waals surface area contributed by atoms with E-state index >= 15 is 4.39 Å². The van der Waals surface area contributed by atoms with Crippen molar-refractivity contribution in [1.29, 1.82) is 0 Å². The number of nitrogens with zero attached hydrogens (tertiary/aromatic N) is 3. The fourth-order valence-electron chi connectivity index (χ4n) is 5.23. The minimum absolute atomic E-state index is 0.0215. The molecule has 0 radical (unpaired) electrons. The number of hydrogen-bond acceptors (Lipinski definition) is 7. The van der Waals surface area contributed by atoms with Gasteiger partial charge in [-0.3, -0.25) is 10.1 Å². The number of nitrogen functional groups attached to an aromatic ring is 1. The first-order valence-electron chi connectivity index (χ1n) is 10.8. The Kier molecular flexibility index (Phi) is 5.10. The third-order valence-electron chi connectivity index (χ3n) is 6.85. The molecule has 1 aromatic heterocycles. The number of carbonyl (C=O) groups is 2. The van der Waals surface area contributed by atoms with Gasteiger partial charge in [-0.05, 0) is 38.3 Å². The monoisotopic (exact) mass is 511 g/mol. The van der Waals surface area contributed by atoms with Crippen molar-refractivity contribution in [3.05, 3.63) is 40.3 Å². The zero-order valence-corrected chi connectivity index (χ0v) is 19.9. The number of nitrogens with two attached hydrogens (primary N) is 1. The first-order valence-corrected chi connectivity index (χ1v) is 13.0. The van der Waals surface area contributed by atoms with Crippen LogP contribution in [0.15, 0.2) is 18.3 Å². The Morgan fingerprint density at radius 1 is 1.35 bits per heavy atom. The molecule has 3 aliphatic heterocycles. The second-order valence-corrected chi connectivity index (χ2v) is 11.9. The van der Waals surface area contributed by atoms with Crippen molar-refractivity contribution >= 4 is 44.9 Å². The van der Waals surface area contributed by atoms with Crippen LogP contribution >= 0.6 is 11.6 Å². The molecule has 0 saturated carbocycles. The molecule has 2 fully saturated rings. The maximum atomic E-state index is 15.1. The smallest absolute Gasteiger partial charge is 0.412 e. The van der Waals surface area contributed by atoms with Gasteiger partial charge in [-0.25, -0.2) is 22.3 Å². The molecule has 34 heavy (non-hydrogen) atoms. The van der Waals surface area contributed by atoms with Crippen molar-refractivity contribution < 1.29 is 27.1 Å². The van der Waals surface area contributed by atoms with Crippen LogP contribution in [-0.4, -0.2) is 59.7 Å². The summed E-state index contributed by atoms with van der Waals surface area (Å²) in [5.41, 5.74) is 4.46. The highest BCUT2D eigenvalue weighted by molar-refractivity contribution is 7.91. The molecule has 1 aromatic carbocycles. The van der Waals surface area contributed by atoms with E-state index in [1.807, 2.05) is 0 Å². The van der Waals surface area contributed by atoms with Crippen LogP contribution in [0.5, 0.6) is 0 Å². The second kappa shape index (κ2) is 7.57. The van der Waals surface area contributed by atoms with Gasteiger partial charge in [0.25, 0.3) is 5.91 Å². The first-order chi connectivity index (χ1) is 15.9. The quantitative estimate of drug-likeness (QED) is 0.632. The SMILES string of the molecule is CC1(n2ncc(C(=O)N3CCC[C@@]4(C3)OC(=O)Nc3ccc(Cl)c(F)c34)c2N)CCS(=O)(=O)C1. The fourth-order valence-corrected chi connectivity index (χ4v) is 7.50. The van der Waals surface area contributed by atoms with Crippen LogP contribution < -0.4 is 11.1 Å². The van der Waals surface area contributed by atoms with Crippen LogP contribution in [0, 0.1) is 5.82 Å². The lowest BCUT2D eigenvalue weighted by Crippen LogP contribution is -2.53. The second-order valence-electron chi connectivity index (χ2n) is 9.32. The molecule has 1 spiro atoms. The van der Waals surface area contributed by atoms with Crippen LogP contribution in [0.4, 0.5) is 20.7 Å². The van der Waals surface area contributed by atoms with Crippen molar-refractivity contribution in [3.8, 4) is 0 Å². The number of amides is 2. The van der Waals surface area contributed by atoms with Gasteiger partial charge in [0.05, 0.1) is 46.1 Å². The Bertz CT molecular complexity index is 1330. The van der Waals surface area contributed by atoms with Crippen molar-refractivity contribution in [2.24, 2.45) is 0 Å². The Morgan fingerprint density at radius 3 is 2.82 bits per heavy atom. The molecule has 2 atom stereocenters. The lowest BCUT2D eigenvalue weighted by Gasteiger charge is -2.45. The first kappa shape index (κ1) is 22.9. The summed E-state index contributed by atoms with van der Waals surface area (Å²) in [6, 6.07) is 2.85. The number of anilines is 2. The standard InChI is InChI=1S/C21H23ClFN5O5S/c1-20(6-8-34(31,32)11-20)28-17(24)12(9-25-28)18(29)27-7-2-5-21(10-27)15-14(26-19(30)33-21)4-3-13(22)16(15)23/h3-4,9H,2,5-8,10-11,24H2,1H3,(H,26,30)/t20?,21-/m0/s1. The van der Waals surface area contributed by atoms with Crippen LogP contribution in [0.2, 0.25) is 5.02 Å². The average Bonchev–Trinajstić information content (AvgIpc) is 3.29. The molecule has 3 N–H and O–H groups in total. The molecule has 1 unspecified atom stereocenters. The summed E-state index contributed by atoms with van der Waals surface area (Å²) in [5.74, 6) is -1.22. The van der Waals surface area contributed by atoms with Crippen LogP contribution in [0.1, 0.15) is 42.1 Å². The molecular formula is C21H23ClFN5O5S. The summed E-state index contributed by atoms with van der Waals surface area (Å²) in [6.45, 7) is 1.97. The molecule has 0 aliphatic carbocycles. The number of sulfone groups is 1. The number of piperidine rings is 1. The van der Waals surface area contributed by atoms with E-state index < -0.39 is 38.8 Å². The fraction of sp³-hybridized carbons (Fsp3) is 0.476. The molecule has 0 bridgehead atoms. The molecule has 13 heteroatoms. The van der Waals surface area contributed by atoms with E-state index in [0.717, 1.165) is 0 Å². The van der Waals surface area contributed by atoms with Crippen molar-refractivity contribution in [2.45, 2.75) is 37.3 Å². The highest BCUT2D eigenvalue weighted by Gasteiger charge is 2.49. The number of ether oxygens (including phenoxy) is 1. The van der Waals surface area contributed by atoms with Gasteiger partial charge in [0.2, 0.25) is 0 Å². The van der Waals surface area contributed by atoms with Crippen LogP contribution in [0.3, 0.4) is 0 Å². The maximum Gasteiger partial charge on any atom is 0.412 e. The number of benzene rings is 1. The third kappa shape index (κ3) is 3.50. The zero-order valence-electron chi connectivity index (χ0n) is 18.3. The lowest BCUT2D eigenvalue weighted by atomic mass is 9.83. The number of nitrogens with one attached hydrogen (secondary N) is 1. The van der Waals surface area contributed by atoms with Gasteiger partial charge >= 0.3 is 6.09 Å². The number of halogens is 2. The van der Waals surface area contributed by atoms with E-state index in [2.05, 4.69) is 10.4 Å². The van der Waals surface area contributed by atoms with E-state index in [-0.39, 0.29) is 45.7 Å². The van der Waals surface area contributed by atoms with E-state index in [1.165, 1.54) is 27.9 Å². The summed E-state index contributed by atoms with van der Waals surface area (Å²) in [7, 11) is -3.22. The molecule has 2 saturated heterocycles. The Balaban J connectivity index is 1.48. The molecule has 2 amide bonds. The zero-order chi connectivity index (χ0) is 24.5. The predicted molar refractivity (Wildman–Crippen MR) is 122 cm³/mol. The topological polar surface area (TPSA) is 137 Å². The minimum atomic E-state index is -3.22. The molecule has 10 nitrogen and oxygen atoms in total. The molecule has 4 heterocycles. The van der Waals surface area contributed by atoms with Gasteiger partial charge < -0.3 is 15.4 Å². The lowest BCUT2D eigenvalue weighted by molar-refractivity contribution is -0.0418. The molecule has 5 rings (SSSR count). The van der Waals surface area contributed by atoms with Crippen LogP contribution in [0.25, 0.3) is 0 Å². The minimum Gasteiger partial charge on any atom is -0.436 e. The summed E-state index contributed by atoms with van der Waals surface area (Å²) in [5, 5.41) is 6.60. The van der Waals surface area contributed by atoms with Crippen molar-refractivity contribution in [3.63, 3.8) is 0 Å². The highest BCUT2D eigenvalue weighted by atomic mass is 35.5. The van der Waals surface area contributed by atoms with Gasteiger partial charge in [0.15, 0.2) is 21.3 Å².